The zero-order valence-corrected chi connectivity index (χ0v) is 55.3. The second-order valence-electron chi connectivity index (χ2n) is 23.3. The fraction of sp³-hybridized carbons (Fsp3) is 0.580. The number of amides is 4. The summed E-state index contributed by atoms with van der Waals surface area (Å²) in [6, 6.07) is 16.8. The molecule has 12 rings (SSSR count). The molecule has 0 radical (unpaired) electrons. The fourth-order valence-corrected chi connectivity index (χ4v) is 11.3. The molecule has 6 aromatic rings. The van der Waals surface area contributed by atoms with Crippen LogP contribution in [0, 0.1) is 17.8 Å². The molecule has 0 saturated heterocycles. The van der Waals surface area contributed by atoms with Crippen molar-refractivity contribution in [2.75, 3.05) is 62.2 Å². The van der Waals surface area contributed by atoms with E-state index < -0.39 is 0 Å². The quantitative estimate of drug-likeness (QED) is 0.0331. The van der Waals surface area contributed by atoms with E-state index in [1.54, 1.807) is 18.2 Å². The number of nitrogens with zero attached hydrogens (tertiary/aromatic N) is 6. The van der Waals surface area contributed by atoms with Crippen molar-refractivity contribution in [1.29, 1.82) is 0 Å². The van der Waals surface area contributed by atoms with Crippen molar-refractivity contribution in [3.05, 3.63) is 54.6 Å². The Morgan fingerprint density at radius 1 is 0.424 bits per heavy atom. The van der Waals surface area contributed by atoms with E-state index in [-0.39, 0.29) is 124 Å². The molecule has 4 amide bonds. The van der Waals surface area contributed by atoms with E-state index in [0.717, 1.165) is 71.7 Å². The maximum absolute atomic E-state index is 11.5. The van der Waals surface area contributed by atoms with Gasteiger partial charge in [-0.1, -0.05) is 165 Å². The summed E-state index contributed by atoms with van der Waals surface area (Å²) in [6.45, 7) is 7.52. The zero-order chi connectivity index (χ0) is 60.8. The molecule has 12 N–H and O–H groups in total. The largest absolute Gasteiger partial charge is 0.399 e. The van der Waals surface area contributed by atoms with Gasteiger partial charge in [0.25, 0.3) is 0 Å². The maximum Gasteiger partial charge on any atom is 0.231 e. The molecule has 92 heavy (non-hydrogen) atoms. The number of hydrogen-bond donors (Lipinski definition) is 9. The average molecular weight is 1400 g/mol. The Labute approximate surface area is 583 Å². The summed E-state index contributed by atoms with van der Waals surface area (Å²) in [5.41, 5.74) is 21.8. The number of aromatic nitrogens is 6. The number of fused-ring (bicyclic) bond motifs is 3. The summed E-state index contributed by atoms with van der Waals surface area (Å²) in [6.07, 6.45) is 39.0. The summed E-state index contributed by atoms with van der Waals surface area (Å²) < 4.78 is 0. The van der Waals surface area contributed by atoms with Crippen LogP contribution in [0.4, 0.5) is 52.4 Å². The second-order valence-corrected chi connectivity index (χ2v) is 23.3. The molecule has 6 saturated carbocycles. The standard InChI is InChI=1S/C18H23N5O2.C14H19N5.C12H13N5O2.C6H10O.3C5H10.4CH4.3Fe.H2/c1-11(24)20-17-15-9-14(19-10-13-5-3-4-6-13)7-8-16(15)22-18(23-17)21-12(2)25;15-13-11-7-10(17-8-9-3-1-2-4-9)5-6-12(11)18-14(16)19-13;1-6(18)14-11-9-5-8(13)3-4-10(9)16-12(17-11)15-7(2)19;7-5-6-3-1-2-4-6;3*1-2-4-5-3-1;;;;;;;;/h7-9,13,19H,3-6,10H2,1-2H3,(H2,20,21,22,23,24,25);5-7,9,17H,1-4,8H2,(H4,15,16,18,19);3-5H,13H2,1-2H3,(H2,14,15,16,17,18,19);5-6H,1-4H2;3*1-5H2;4*1H4;;;;1H. The second kappa shape index (κ2) is 48.5. The Morgan fingerprint density at radius 3 is 1.10 bits per heavy atom. The van der Waals surface area contributed by atoms with Crippen LogP contribution in [-0.4, -0.2) is 72.9 Å². The van der Waals surface area contributed by atoms with Gasteiger partial charge in [-0.3, -0.25) is 29.8 Å². The first-order valence-corrected chi connectivity index (χ1v) is 31.4. The smallest absolute Gasteiger partial charge is 0.231 e. The summed E-state index contributed by atoms with van der Waals surface area (Å²) in [5.74, 6) is 2.58. The summed E-state index contributed by atoms with van der Waals surface area (Å²) in [5, 5.41) is 19.5. The maximum atomic E-state index is 11.5. The van der Waals surface area contributed by atoms with E-state index in [1.165, 1.54) is 188 Å². The normalized spacial score (nSPS) is 15.0. The first-order valence-electron chi connectivity index (χ1n) is 31.4. The molecule has 518 valence electrons. The third kappa shape index (κ3) is 32.6. The third-order valence-electron chi connectivity index (χ3n) is 15.8. The molecule has 6 aliphatic rings. The van der Waals surface area contributed by atoms with Crippen LogP contribution >= 0.6 is 0 Å². The van der Waals surface area contributed by atoms with Crippen molar-refractivity contribution < 1.29 is 76.6 Å². The van der Waals surface area contributed by atoms with E-state index in [0.29, 0.717) is 45.5 Å². The number of benzene rings is 3. The number of carbonyl (C=O) groups excluding carboxylic acids is 5. The van der Waals surface area contributed by atoms with Gasteiger partial charge in [0.15, 0.2) is 0 Å². The molecule has 3 aromatic carbocycles. The van der Waals surface area contributed by atoms with E-state index in [4.69, 9.17) is 17.2 Å². The molecule has 0 unspecified atom stereocenters. The Hall–Kier alpha value is -6.21. The number of nitrogens with two attached hydrogens (primary N) is 3. The Bertz CT molecular complexity index is 3050. The van der Waals surface area contributed by atoms with Crippen LogP contribution in [0.15, 0.2) is 54.6 Å². The van der Waals surface area contributed by atoms with Crippen molar-refractivity contribution in [2.45, 2.75) is 231 Å². The van der Waals surface area contributed by atoms with Gasteiger partial charge in [0.05, 0.1) is 16.6 Å². The van der Waals surface area contributed by atoms with Gasteiger partial charge in [-0.2, -0.15) is 15.0 Å². The van der Waals surface area contributed by atoms with E-state index >= 15 is 0 Å². The Morgan fingerprint density at radius 2 is 0.750 bits per heavy atom. The van der Waals surface area contributed by atoms with Gasteiger partial charge < -0.3 is 43.3 Å². The number of carbonyl (C=O) groups is 5. The molecule has 3 heterocycles. The third-order valence-corrected chi connectivity index (χ3v) is 15.8. The minimum absolute atomic E-state index is 0. The van der Waals surface area contributed by atoms with Crippen molar-refractivity contribution in [2.24, 2.45) is 17.8 Å². The van der Waals surface area contributed by atoms with Crippen LogP contribution in [-0.2, 0) is 75.2 Å². The van der Waals surface area contributed by atoms with Crippen LogP contribution in [0.25, 0.3) is 32.7 Å². The van der Waals surface area contributed by atoms with Crippen LogP contribution in [0.3, 0.4) is 0 Å². The summed E-state index contributed by atoms with van der Waals surface area (Å²) in [7, 11) is 0. The molecular weight excluding hydrogens is 1290 g/mol. The molecule has 6 aliphatic carbocycles. The van der Waals surface area contributed by atoms with Gasteiger partial charge in [-0.15, -0.1) is 0 Å². The SMILES string of the molecule is C.C.C.C.C1CCCC1.C1CCCC1.C1CCCC1.CC(=O)Nc1nc(NC(C)=O)c2cc(N)ccc2n1.CC(=O)Nc1nc(NC(C)=O)c2cc(NCC3CCCC3)ccc2n1.Nc1nc(N)c2cc(NCC3CCCC3)ccc2n1.O=CC1CCCC1.[Fe].[Fe].[Fe].[HH]. The molecule has 20 nitrogen and oxygen atoms in total. The van der Waals surface area contributed by atoms with E-state index in [1.807, 2.05) is 36.4 Å². The molecule has 3 aromatic heterocycles. The van der Waals surface area contributed by atoms with E-state index in [2.05, 4.69) is 61.8 Å². The summed E-state index contributed by atoms with van der Waals surface area (Å²) >= 11 is 0. The monoisotopic (exact) mass is 1400 g/mol. The minimum atomic E-state index is -0.288. The Kier molecular flexibility index (Phi) is 46.3. The van der Waals surface area contributed by atoms with Gasteiger partial charge in [0.1, 0.15) is 23.7 Å². The van der Waals surface area contributed by atoms with Crippen molar-refractivity contribution in [3.8, 4) is 0 Å². The molecule has 0 spiro atoms. The van der Waals surface area contributed by atoms with E-state index in [9.17, 15) is 24.0 Å². The van der Waals surface area contributed by atoms with Gasteiger partial charge in [0.2, 0.25) is 41.5 Å². The predicted octanol–water partition coefficient (Wildman–Crippen LogP) is 16.7. The van der Waals surface area contributed by atoms with Gasteiger partial charge >= 0.3 is 0 Å². The number of nitrogen functional groups attached to an aromatic ring is 3. The van der Waals surface area contributed by atoms with Gasteiger partial charge in [-0.25, -0.2) is 15.0 Å². The number of rotatable bonds is 11. The fourth-order valence-electron chi connectivity index (χ4n) is 11.3. The molecular formula is C69H113Fe3N15O5. The predicted molar refractivity (Wildman–Crippen MR) is 376 cm³/mol. The van der Waals surface area contributed by atoms with Gasteiger partial charge in [0, 0.05) is 133 Å². The summed E-state index contributed by atoms with van der Waals surface area (Å²) in [4.78, 5) is 80.0. The van der Waals surface area contributed by atoms with Crippen molar-refractivity contribution >= 4 is 115 Å². The molecule has 0 bridgehead atoms. The van der Waals surface area contributed by atoms with Crippen LogP contribution < -0.4 is 49.1 Å². The Balaban J connectivity index is -0.00000108. The number of nitrogens with one attached hydrogen (secondary N) is 6. The minimum Gasteiger partial charge on any atom is -0.399 e. The average Bonchev–Trinajstić information content (AvgIpc) is 1.25. The first-order chi connectivity index (χ1) is 41.1. The topological polar surface area (TPSA) is 313 Å². The molecule has 6 fully saturated rings. The molecule has 0 atom stereocenters. The molecule has 23 heteroatoms. The van der Waals surface area contributed by atoms with Gasteiger partial charge in [-0.05, 0) is 105 Å². The van der Waals surface area contributed by atoms with Crippen LogP contribution in [0.1, 0.15) is 232 Å². The number of hydrogen-bond acceptors (Lipinski definition) is 16. The van der Waals surface area contributed by atoms with Crippen molar-refractivity contribution in [3.63, 3.8) is 0 Å². The molecule has 0 aliphatic heterocycles. The van der Waals surface area contributed by atoms with Crippen LogP contribution in [0.2, 0.25) is 0 Å². The van der Waals surface area contributed by atoms with Crippen molar-refractivity contribution in [1.82, 2.24) is 29.9 Å². The zero-order valence-electron chi connectivity index (χ0n) is 52.0. The number of anilines is 9. The first kappa shape index (κ1) is 87.8. The number of aldehydes is 1. The van der Waals surface area contributed by atoms with Crippen LogP contribution in [0.5, 0.6) is 0 Å².